The molecule has 2 rings (SSSR count). The molecule has 2 N–H and O–H groups in total. The van der Waals surface area contributed by atoms with Crippen LogP contribution in [-0.2, 0) is 0 Å². The Labute approximate surface area is 131 Å². The Hall–Kier alpha value is -2.08. The van der Waals surface area contributed by atoms with Gasteiger partial charge in [0.15, 0.2) is 6.73 Å². The van der Waals surface area contributed by atoms with Gasteiger partial charge in [0.05, 0.1) is 0 Å². The number of ether oxygens (including phenoxy) is 1. The second-order valence-corrected chi connectivity index (χ2v) is 5.46. The molecule has 1 aromatic carbocycles. The number of benzene rings is 1. The number of aryl methyl sites for hydroxylation is 2. The maximum absolute atomic E-state index is 11.7. The summed E-state index contributed by atoms with van der Waals surface area (Å²) in [5.74, 6) is 1.22. The van der Waals surface area contributed by atoms with Crippen LogP contribution in [0.25, 0.3) is 0 Å². The summed E-state index contributed by atoms with van der Waals surface area (Å²) in [5, 5.41) is 5.23. The fourth-order valence-corrected chi connectivity index (χ4v) is 2.11. The predicted molar refractivity (Wildman–Crippen MR) is 85.5 cm³/mol. The monoisotopic (exact) mass is 349 g/mol. The van der Waals surface area contributed by atoms with E-state index in [1.807, 2.05) is 32.0 Å². The minimum Gasteiger partial charge on any atom is -0.473 e. The summed E-state index contributed by atoms with van der Waals surface area (Å²) < 4.78 is 6.37. The molecule has 110 valence electrons. The van der Waals surface area contributed by atoms with Crippen LogP contribution in [0.4, 0.5) is 10.6 Å². The number of halogens is 1. The summed E-state index contributed by atoms with van der Waals surface area (Å²) in [6.07, 6.45) is 1.60. The van der Waals surface area contributed by atoms with Crippen LogP contribution in [0.5, 0.6) is 5.75 Å². The van der Waals surface area contributed by atoms with Crippen molar-refractivity contribution in [2.24, 2.45) is 0 Å². The highest BCUT2D eigenvalue weighted by molar-refractivity contribution is 9.10. The Morgan fingerprint density at radius 1 is 1.29 bits per heavy atom. The molecule has 0 unspecified atom stereocenters. The van der Waals surface area contributed by atoms with E-state index < -0.39 is 0 Å². The first-order chi connectivity index (χ1) is 10.0. The van der Waals surface area contributed by atoms with Crippen LogP contribution in [-0.4, -0.2) is 17.7 Å². The van der Waals surface area contributed by atoms with Crippen LogP contribution < -0.4 is 15.4 Å². The lowest BCUT2D eigenvalue weighted by molar-refractivity contribution is 0.234. The van der Waals surface area contributed by atoms with E-state index in [4.69, 9.17) is 4.74 Å². The van der Waals surface area contributed by atoms with Crippen LogP contribution in [0.3, 0.4) is 0 Å². The Kier molecular flexibility index (Phi) is 5.16. The average Bonchev–Trinajstić information content (AvgIpc) is 2.41. The van der Waals surface area contributed by atoms with Gasteiger partial charge < -0.3 is 10.1 Å². The number of amides is 2. The third-order valence-electron chi connectivity index (χ3n) is 2.75. The highest BCUT2D eigenvalue weighted by atomic mass is 79.9. The second-order valence-electron chi connectivity index (χ2n) is 4.55. The van der Waals surface area contributed by atoms with Gasteiger partial charge in [-0.2, -0.15) is 0 Å². The van der Waals surface area contributed by atoms with E-state index >= 15 is 0 Å². The highest BCUT2D eigenvalue weighted by Crippen LogP contribution is 2.18. The molecule has 21 heavy (non-hydrogen) atoms. The van der Waals surface area contributed by atoms with Crippen LogP contribution >= 0.6 is 15.9 Å². The molecule has 0 bridgehead atoms. The molecule has 6 heteroatoms. The normalized spacial score (nSPS) is 10.0. The van der Waals surface area contributed by atoms with Crippen molar-refractivity contribution in [2.45, 2.75) is 13.8 Å². The van der Waals surface area contributed by atoms with Gasteiger partial charge >= 0.3 is 6.03 Å². The first-order valence-corrected chi connectivity index (χ1v) is 7.20. The van der Waals surface area contributed by atoms with Gasteiger partial charge in [0, 0.05) is 10.7 Å². The number of rotatable bonds is 4. The zero-order valence-electron chi connectivity index (χ0n) is 11.8. The lowest BCUT2D eigenvalue weighted by Crippen LogP contribution is -2.32. The van der Waals surface area contributed by atoms with Gasteiger partial charge in [-0.25, -0.2) is 9.78 Å². The number of nitrogens with one attached hydrogen (secondary N) is 2. The molecule has 0 radical (unpaired) electrons. The van der Waals surface area contributed by atoms with Gasteiger partial charge in [0.1, 0.15) is 11.6 Å². The number of pyridine rings is 1. The lowest BCUT2D eigenvalue weighted by Gasteiger charge is -2.11. The Balaban J connectivity index is 1.81. The van der Waals surface area contributed by atoms with Crippen molar-refractivity contribution in [1.82, 2.24) is 10.3 Å². The van der Waals surface area contributed by atoms with E-state index in [9.17, 15) is 4.79 Å². The number of urea groups is 1. The molecule has 2 aromatic rings. The molecular formula is C15H16BrN3O2. The number of anilines is 1. The minimum atomic E-state index is -0.370. The molecule has 0 aliphatic carbocycles. The van der Waals surface area contributed by atoms with Gasteiger partial charge in [0.2, 0.25) is 0 Å². The van der Waals surface area contributed by atoms with Gasteiger partial charge in [-0.15, -0.1) is 0 Å². The molecule has 0 saturated carbocycles. The van der Waals surface area contributed by atoms with Gasteiger partial charge in [-0.05, 0) is 37.6 Å². The van der Waals surface area contributed by atoms with Crippen molar-refractivity contribution in [3.05, 3.63) is 52.1 Å². The average molecular weight is 350 g/mol. The number of aromatic nitrogens is 1. The third-order valence-corrected chi connectivity index (χ3v) is 3.25. The summed E-state index contributed by atoms with van der Waals surface area (Å²) in [5.41, 5.74) is 2.21. The minimum absolute atomic E-state index is 0.0870. The molecule has 0 saturated heterocycles. The smallest absolute Gasteiger partial charge is 0.323 e. The summed E-state index contributed by atoms with van der Waals surface area (Å²) in [6, 6.07) is 9.01. The van der Waals surface area contributed by atoms with Crippen molar-refractivity contribution in [1.29, 1.82) is 0 Å². The Morgan fingerprint density at radius 3 is 2.81 bits per heavy atom. The van der Waals surface area contributed by atoms with E-state index in [1.165, 1.54) is 5.56 Å². The zero-order valence-corrected chi connectivity index (χ0v) is 13.4. The maximum Gasteiger partial charge on any atom is 0.323 e. The summed E-state index contributed by atoms with van der Waals surface area (Å²) >= 11 is 3.31. The zero-order chi connectivity index (χ0) is 15.2. The van der Waals surface area contributed by atoms with Crippen molar-refractivity contribution < 1.29 is 9.53 Å². The van der Waals surface area contributed by atoms with Gasteiger partial charge in [-0.1, -0.05) is 33.6 Å². The Bertz CT molecular complexity index is 647. The van der Waals surface area contributed by atoms with Crippen molar-refractivity contribution >= 4 is 27.8 Å². The molecule has 1 aromatic heterocycles. The largest absolute Gasteiger partial charge is 0.473 e. The fraction of sp³-hybridized carbons (Fsp3) is 0.200. The van der Waals surface area contributed by atoms with Crippen LogP contribution in [0.15, 0.2) is 41.0 Å². The van der Waals surface area contributed by atoms with E-state index in [2.05, 4.69) is 31.5 Å². The molecule has 5 nitrogen and oxygen atoms in total. The number of hydrogen-bond donors (Lipinski definition) is 2. The van der Waals surface area contributed by atoms with Crippen LogP contribution in [0, 0.1) is 13.8 Å². The van der Waals surface area contributed by atoms with Gasteiger partial charge in [-0.3, -0.25) is 5.32 Å². The van der Waals surface area contributed by atoms with E-state index in [0.717, 1.165) is 15.8 Å². The molecule has 0 fully saturated rings. The molecule has 0 aliphatic heterocycles. The molecule has 0 aliphatic rings. The number of carbonyl (C=O) groups excluding carboxylic acids is 1. The fourth-order valence-electron chi connectivity index (χ4n) is 1.77. The highest BCUT2D eigenvalue weighted by Gasteiger charge is 2.04. The quantitative estimate of drug-likeness (QED) is 0.828. The molecular weight excluding hydrogens is 334 g/mol. The van der Waals surface area contributed by atoms with Crippen LogP contribution in [0.2, 0.25) is 0 Å². The Morgan fingerprint density at radius 2 is 2.10 bits per heavy atom. The summed E-state index contributed by atoms with van der Waals surface area (Å²) in [6.45, 7) is 4.07. The number of hydrogen-bond acceptors (Lipinski definition) is 3. The van der Waals surface area contributed by atoms with Crippen molar-refractivity contribution in [3.8, 4) is 5.75 Å². The van der Waals surface area contributed by atoms with E-state index in [-0.39, 0.29) is 12.8 Å². The van der Waals surface area contributed by atoms with Gasteiger partial charge in [0.25, 0.3) is 0 Å². The first kappa shape index (κ1) is 15.3. The molecule has 0 spiro atoms. The lowest BCUT2D eigenvalue weighted by atomic mass is 10.1. The molecule has 1 heterocycles. The number of nitrogens with zero attached hydrogens (tertiary/aromatic N) is 1. The third kappa shape index (κ3) is 4.75. The molecule has 0 atom stereocenters. The topological polar surface area (TPSA) is 63.2 Å². The predicted octanol–water partition coefficient (Wildman–Crippen LogP) is 3.62. The van der Waals surface area contributed by atoms with Crippen molar-refractivity contribution in [3.63, 3.8) is 0 Å². The van der Waals surface area contributed by atoms with E-state index in [1.54, 1.807) is 18.3 Å². The van der Waals surface area contributed by atoms with Crippen molar-refractivity contribution in [2.75, 3.05) is 12.0 Å². The summed E-state index contributed by atoms with van der Waals surface area (Å²) in [7, 11) is 0. The maximum atomic E-state index is 11.7. The molecule has 2 amide bonds. The summed E-state index contributed by atoms with van der Waals surface area (Å²) in [4.78, 5) is 15.7. The standard InChI is InChI=1S/C15H16BrN3O2/c1-10-3-4-13(11(2)7-10)21-9-18-15(20)19-14-8-12(16)5-6-17-14/h3-8H,9H2,1-2H3,(H2,17,18,19,20). The first-order valence-electron chi connectivity index (χ1n) is 6.41. The SMILES string of the molecule is Cc1ccc(OCNC(=O)Nc2cc(Br)ccn2)c(C)c1. The van der Waals surface area contributed by atoms with E-state index in [0.29, 0.717) is 5.82 Å². The number of carbonyl (C=O) groups is 1. The second kappa shape index (κ2) is 7.08. The van der Waals surface area contributed by atoms with Crippen LogP contribution in [0.1, 0.15) is 11.1 Å².